The number of aliphatic imine (C=N–C) groups is 1. The van der Waals surface area contributed by atoms with E-state index in [-0.39, 0.29) is 12.5 Å². The molecule has 2 rings (SSSR count). The van der Waals surface area contributed by atoms with Gasteiger partial charge in [0.15, 0.2) is 0 Å². The Morgan fingerprint density at radius 2 is 2.18 bits per heavy atom. The molecule has 1 fully saturated rings. The lowest BCUT2D eigenvalue weighted by atomic mass is 9.92. The number of amidine groups is 1. The second kappa shape index (κ2) is 4.61. The molecule has 94 valence electrons. The summed E-state index contributed by atoms with van der Waals surface area (Å²) < 4.78 is 5.64. The van der Waals surface area contributed by atoms with Crippen molar-refractivity contribution >= 4 is 5.84 Å². The zero-order valence-electron chi connectivity index (χ0n) is 9.95. The van der Waals surface area contributed by atoms with Gasteiger partial charge in [0.1, 0.15) is 24.1 Å². The molecule has 0 amide bonds. The molecule has 0 bridgehead atoms. The first kappa shape index (κ1) is 12.3. The average Bonchev–Trinajstić information content (AvgIpc) is 2.70. The molecule has 1 saturated heterocycles. The smallest absolute Gasteiger partial charge is 0.109 e. The van der Waals surface area contributed by atoms with Crippen LogP contribution in [0.1, 0.15) is 12.8 Å². The highest BCUT2D eigenvalue weighted by atomic mass is 16.5. The molecule has 0 aromatic heterocycles. The van der Waals surface area contributed by atoms with Crippen molar-refractivity contribution in [1.29, 1.82) is 5.26 Å². The molecule has 6 nitrogen and oxygen atoms in total. The van der Waals surface area contributed by atoms with E-state index in [1.807, 2.05) is 25.1 Å². The van der Waals surface area contributed by atoms with E-state index in [2.05, 4.69) is 4.99 Å². The van der Waals surface area contributed by atoms with Gasteiger partial charge in [-0.15, -0.1) is 0 Å². The van der Waals surface area contributed by atoms with Gasteiger partial charge in [0.05, 0.1) is 24.7 Å². The maximum absolute atomic E-state index is 9.98. The fourth-order valence-corrected chi connectivity index (χ4v) is 2.32. The van der Waals surface area contributed by atoms with Crippen molar-refractivity contribution in [3.05, 3.63) is 0 Å². The standard InChI is InChI=1S/C11H17N3O3/c1-14(2)8-5-7-9(13-8)11(16)10(15)6(17-7)3-4-12/h6-7,9-11,15-16H,3,5H2,1-2H3/t6-,7-,9+,10-,11-/m1/s1. The lowest BCUT2D eigenvalue weighted by Crippen LogP contribution is -2.55. The monoisotopic (exact) mass is 239 g/mol. The number of nitrogens with zero attached hydrogens (tertiary/aromatic N) is 3. The van der Waals surface area contributed by atoms with Gasteiger partial charge in [-0.25, -0.2) is 0 Å². The van der Waals surface area contributed by atoms with Gasteiger partial charge in [-0.2, -0.15) is 5.26 Å². The van der Waals surface area contributed by atoms with E-state index in [0.29, 0.717) is 6.42 Å². The lowest BCUT2D eigenvalue weighted by molar-refractivity contribution is -0.170. The molecule has 6 heteroatoms. The van der Waals surface area contributed by atoms with Crippen LogP contribution in [0.5, 0.6) is 0 Å². The van der Waals surface area contributed by atoms with E-state index in [1.54, 1.807) is 0 Å². The molecule has 0 unspecified atom stereocenters. The summed E-state index contributed by atoms with van der Waals surface area (Å²) in [4.78, 5) is 6.24. The summed E-state index contributed by atoms with van der Waals surface area (Å²) >= 11 is 0. The van der Waals surface area contributed by atoms with Crippen molar-refractivity contribution in [1.82, 2.24) is 4.90 Å². The van der Waals surface area contributed by atoms with Gasteiger partial charge in [0.2, 0.25) is 0 Å². The number of hydrogen-bond donors (Lipinski definition) is 2. The number of rotatable bonds is 1. The third-order valence-electron chi connectivity index (χ3n) is 3.30. The predicted molar refractivity (Wildman–Crippen MR) is 60.4 cm³/mol. The minimum atomic E-state index is -1.04. The van der Waals surface area contributed by atoms with Crippen LogP contribution in [0, 0.1) is 11.3 Å². The van der Waals surface area contributed by atoms with E-state index >= 15 is 0 Å². The molecule has 5 atom stereocenters. The lowest BCUT2D eigenvalue weighted by Gasteiger charge is -2.37. The van der Waals surface area contributed by atoms with Crippen LogP contribution in [0.4, 0.5) is 0 Å². The summed E-state index contributed by atoms with van der Waals surface area (Å²) in [6, 6.07) is 1.54. The largest absolute Gasteiger partial charge is 0.388 e. The summed E-state index contributed by atoms with van der Waals surface area (Å²) in [7, 11) is 3.76. The van der Waals surface area contributed by atoms with Crippen molar-refractivity contribution in [2.75, 3.05) is 14.1 Å². The third kappa shape index (κ3) is 2.14. The number of hydrogen-bond acceptors (Lipinski definition) is 6. The molecule has 2 heterocycles. The molecule has 2 aliphatic rings. The van der Waals surface area contributed by atoms with E-state index in [9.17, 15) is 10.2 Å². The average molecular weight is 239 g/mol. The molecule has 0 aliphatic carbocycles. The van der Waals surface area contributed by atoms with Crippen LogP contribution in [0.15, 0.2) is 4.99 Å². The molecule has 2 N–H and O–H groups in total. The molecule has 17 heavy (non-hydrogen) atoms. The topological polar surface area (TPSA) is 89.1 Å². The second-order valence-corrected chi connectivity index (χ2v) is 4.69. The van der Waals surface area contributed by atoms with E-state index in [1.165, 1.54) is 0 Å². The van der Waals surface area contributed by atoms with Gasteiger partial charge in [-0.1, -0.05) is 0 Å². The van der Waals surface area contributed by atoms with Gasteiger partial charge < -0.3 is 19.8 Å². The fourth-order valence-electron chi connectivity index (χ4n) is 2.32. The maximum Gasteiger partial charge on any atom is 0.109 e. The number of fused-ring (bicyclic) bond motifs is 1. The van der Waals surface area contributed by atoms with Crippen molar-refractivity contribution in [2.45, 2.75) is 43.3 Å². The zero-order valence-corrected chi connectivity index (χ0v) is 9.95. The minimum Gasteiger partial charge on any atom is -0.388 e. The molecule has 0 aromatic rings. The molecular formula is C11H17N3O3. The quantitative estimate of drug-likeness (QED) is 0.620. The van der Waals surface area contributed by atoms with E-state index in [0.717, 1.165) is 5.84 Å². The zero-order chi connectivity index (χ0) is 12.6. The van der Waals surface area contributed by atoms with Gasteiger partial charge >= 0.3 is 0 Å². The Balaban J connectivity index is 2.13. The highest BCUT2D eigenvalue weighted by molar-refractivity contribution is 5.84. The van der Waals surface area contributed by atoms with Crippen LogP contribution in [-0.2, 0) is 4.74 Å². The minimum absolute atomic E-state index is 0.0821. The Bertz CT molecular complexity index is 363. The van der Waals surface area contributed by atoms with Crippen LogP contribution in [-0.4, -0.2) is 65.5 Å². The van der Waals surface area contributed by atoms with Crippen molar-refractivity contribution < 1.29 is 14.9 Å². The summed E-state index contributed by atoms with van der Waals surface area (Å²) in [6.07, 6.45) is -2.15. The van der Waals surface area contributed by atoms with Crippen molar-refractivity contribution in [3.63, 3.8) is 0 Å². The first-order chi connectivity index (χ1) is 8.04. The second-order valence-electron chi connectivity index (χ2n) is 4.69. The van der Waals surface area contributed by atoms with Crippen LogP contribution >= 0.6 is 0 Å². The summed E-state index contributed by atoms with van der Waals surface area (Å²) in [6.45, 7) is 0. The maximum atomic E-state index is 9.98. The van der Waals surface area contributed by atoms with Gasteiger partial charge in [0, 0.05) is 20.5 Å². The third-order valence-corrected chi connectivity index (χ3v) is 3.30. The number of aliphatic hydroxyl groups is 2. The summed E-state index contributed by atoms with van der Waals surface area (Å²) in [5.74, 6) is 0.851. The van der Waals surface area contributed by atoms with Crippen LogP contribution in [0.3, 0.4) is 0 Å². The Morgan fingerprint density at radius 1 is 1.47 bits per heavy atom. The highest BCUT2D eigenvalue weighted by Gasteiger charge is 2.47. The fraction of sp³-hybridized carbons (Fsp3) is 0.818. The Labute approximate surface area is 100 Å². The molecule has 0 aromatic carbocycles. The molecule has 0 spiro atoms. The van der Waals surface area contributed by atoms with Gasteiger partial charge in [-0.3, -0.25) is 4.99 Å². The van der Waals surface area contributed by atoms with Crippen molar-refractivity contribution in [3.8, 4) is 6.07 Å². The van der Waals surface area contributed by atoms with Crippen molar-refractivity contribution in [2.24, 2.45) is 4.99 Å². The Hall–Kier alpha value is -1.16. The van der Waals surface area contributed by atoms with Gasteiger partial charge in [0.25, 0.3) is 0 Å². The van der Waals surface area contributed by atoms with Gasteiger partial charge in [-0.05, 0) is 0 Å². The molecular weight excluding hydrogens is 222 g/mol. The predicted octanol–water partition coefficient (Wildman–Crippen LogP) is -0.878. The summed E-state index contributed by atoms with van der Waals surface area (Å²) in [5, 5.41) is 28.5. The molecule has 2 aliphatic heterocycles. The first-order valence-corrected chi connectivity index (χ1v) is 5.67. The number of aliphatic hydroxyl groups excluding tert-OH is 2. The van der Waals surface area contributed by atoms with Crippen LogP contribution < -0.4 is 0 Å². The Morgan fingerprint density at radius 3 is 2.76 bits per heavy atom. The molecule has 0 saturated carbocycles. The number of ether oxygens (including phenoxy) is 1. The van der Waals surface area contributed by atoms with E-state index < -0.39 is 24.4 Å². The Kier molecular flexibility index (Phi) is 3.33. The highest BCUT2D eigenvalue weighted by Crippen LogP contribution is 2.31. The van der Waals surface area contributed by atoms with Crippen LogP contribution in [0.2, 0.25) is 0 Å². The van der Waals surface area contributed by atoms with Crippen LogP contribution in [0.25, 0.3) is 0 Å². The normalized spacial score (nSPS) is 40.4. The number of nitriles is 1. The molecule has 0 radical (unpaired) electrons. The first-order valence-electron chi connectivity index (χ1n) is 5.67. The van der Waals surface area contributed by atoms with E-state index in [4.69, 9.17) is 10.00 Å². The SMILES string of the molecule is CN(C)C1=N[C@@H]2[C@@H](O)[C@H](O)[C@@H](CC#N)O[C@@H]2C1. The summed E-state index contributed by atoms with van der Waals surface area (Å²) in [5.41, 5.74) is 0.